The van der Waals surface area contributed by atoms with Gasteiger partial charge in [0.1, 0.15) is 5.75 Å². The number of benzene rings is 1. The van der Waals surface area contributed by atoms with Gasteiger partial charge in [-0.25, -0.2) is 0 Å². The predicted molar refractivity (Wildman–Crippen MR) is 44.2 cm³/mol. The number of hydrogen-bond acceptors (Lipinski definition) is 4. The van der Waals surface area contributed by atoms with Crippen molar-refractivity contribution in [3.8, 4) is 5.75 Å². The molecule has 0 aliphatic rings. The Hall–Kier alpha value is -0.883. The Morgan fingerprint density at radius 3 is 2.42 bits per heavy atom. The van der Waals surface area contributed by atoms with Gasteiger partial charge in [-0.3, -0.25) is 0 Å². The van der Waals surface area contributed by atoms with Gasteiger partial charge < -0.3 is 18.8 Å². The fourth-order valence-electron chi connectivity index (χ4n) is 0.837. The van der Waals surface area contributed by atoms with Crippen molar-refractivity contribution >= 4 is 9.05 Å². The second-order valence-electron chi connectivity index (χ2n) is 2.49. The molecule has 0 radical (unpaired) electrons. The summed E-state index contributed by atoms with van der Waals surface area (Å²) >= 11 is 0. The first-order valence-corrected chi connectivity index (χ1v) is 5.15. The van der Waals surface area contributed by atoms with Crippen molar-refractivity contribution in [2.75, 3.05) is 0 Å². The van der Waals surface area contributed by atoms with Crippen molar-refractivity contribution in [2.24, 2.45) is 0 Å². The SMILES string of the molecule is Cc1cccc(O[Si](O)(O)O)c1. The lowest BCUT2D eigenvalue weighted by molar-refractivity contribution is 0.128. The van der Waals surface area contributed by atoms with Crippen LogP contribution in [0.2, 0.25) is 0 Å². The minimum Gasteiger partial charge on any atom is -0.480 e. The summed E-state index contributed by atoms with van der Waals surface area (Å²) in [5, 5.41) is 0. The fourth-order valence-corrected chi connectivity index (χ4v) is 1.28. The van der Waals surface area contributed by atoms with Crippen molar-refractivity contribution in [3.63, 3.8) is 0 Å². The molecule has 1 rings (SSSR count). The van der Waals surface area contributed by atoms with Crippen molar-refractivity contribution in [2.45, 2.75) is 6.92 Å². The zero-order valence-electron chi connectivity index (χ0n) is 6.56. The molecule has 5 heteroatoms. The van der Waals surface area contributed by atoms with Crippen LogP contribution in [0.1, 0.15) is 5.56 Å². The predicted octanol–water partition coefficient (Wildman–Crippen LogP) is -0.214. The molecule has 0 amide bonds. The van der Waals surface area contributed by atoms with E-state index in [1.54, 1.807) is 12.1 Å². The van der Waals surface area contributed by atoms with Gasteiger partial charge in [0.2, 0.25) is 0 Å². The molecule has 12 heavy (non-hydrogen) atoms. The van der Waals surface area contributed by atoms with Gasteiger partial charge in [0.25, 0.3) is 0 Å². The third-order valence-corrected chi connectivity index (χ3v) is 1.75. The lowest BCUT2D eigenvalue weighted by Crippen LogP contribution is -2.42. The van der Waals surface area contributed by atoms with Crippen LogP contribution < -0.4 is 4.43 Å². The Balaban J connectivity index is 2.77. The second-order valence-corrected chi connectivity index (χ2v) is 3.84. The molecular formula is C7H10O4Si. The standard InChI is InChI=1S/C7H10O4Si/c1-6-3-2-4-7(5-6)11-12(8,9)10/h2-5,8-10H,1H3. The summed E-state index contributed by atoms with van der Waals surface area (Å²) < 4.78 is 4.49. The molecule has 0 saturated carbocycles. The molecule has 0 bridgehead atoms. The second kappa shape index (κ2) is 3.24. The van der Waals surface area contributed by atoms with Gasteiger partial charge in [-0.15, -0.1) is 0 Å². The van der Waals surface area contributed by atoms with Crippen LogP contribution in [0.4, 0.5) is 0 Å². The third-order valence-electron chi connectivity index (χ3n) is 1.24. The van der Waals surface area contributed by atoms with Crippen LogP contribution in [0.25, 0.3) is 0 Å². The third kappa shape index (κ3) is 3.01. The monoisotopic (exact) mass is 186 g/mol. The number of aryl methyl sites for hydroxylation is 1. The van der Waals surface area contributed by atoms with E-state index >= 15 is 0 Å². The highest BCUT2D eigenvalue weighted by Gasteiger charge is 2.33. The highest BCUT2D eigenvalue weighted by atomic mass is 28.4. The average molecular weight is 186 g/mol. The summed E-state index contributed by atoms with van der Waals surface area (Å²) in [5.74, 6) is 0.258. The van der Waals surface area contributed by atoms with Gasteiger partial charge in [-0.05, 0) is 24.6 Å². The van der Waals surface area contributed by atoms with Gasteiger partial charge >= 0.3 is 9.05 Å². The van der Waals surface area contributed by atoms with Gasteiger partial charge in [0.05, 0.1) is 0 Å². The number of rotatable bonds is 2. The minimum atomic E-state index is -4.42. The summed E-state index contributed by atoms with van der Waals surface area (Å²) in [6, 6.07) is 6.68. The van der Waals surface area contributed by atoms with Gasteiger partial charge in [-0.2, -0.15) is 0 Å². The Bertz CT molecular complexity index is 268. The van der Waals surface area contributed by atoms with E-state index in [0.717, 1.165) is 5.56 Å². The molecule has 0 aliphatic carbocycles. The van der Waals surface area contributed by atoms with Crippen molar-refractivity contribution < 1.29 is 18.8 Å². The molecule has 0 saturated heterocycles. The van der Waals surface area contributed by atoms with Crippen LogP contribution in [0.5, 0.6) is 5.75 Å². The molecule has 66 valence electrons. The van der Waals surface area contributed by atoms with Crippen LogP contribution in [-0.4, -0.2) is 23.4 Å². The molecule has 0 spiro atoms. The highest BCUT2D eigenvalue weighted by molar-refractivity contribution is 6.49. The maximum Gasteiger partial charge on any atom is 0.741 e. The van der Waals surface area contributed by atoms with Crippen LogP contribution in [-0.2, 0) is 0 Å². The summed E-state index contributed by atoms with van der Waals surface area (Å²) in [7, 11) is -4.42. The molecular weight excluding hydrogens is 176 g/mol. The highest BCUT2D eigenvalue weighted by Crippen LogP contribution is 2.13. The number of hydrogen-bond donors (Lipinski definition) is 3. The van der Waals surface area contributed by atoms with Gasteiger partial charge in [-0.1, -0.05) is 12.1 Å². The van der Waals surface area contributed by atoms with Crippen LogP contribution in [0.15, 0.2) is 24.3 Å². The Kier molecular flexibility index (Phi) is 2.48. The average Bonchev–Trinajstić information content (AvgIpc) is 1.82. The normalized spacial score (nSPS) is 11.3. The molecule has 0 aromatic heterocycles. The summed E-state index contributed by atoms with van der Waals surface area (Å²) in [6.07, 6.45) is 0. The quantitative estimate of drug-likeness (QED) is 0.559. The molecule has 0 aliphatic heterocycles. The Morgan fingerprint density at radius 2 is 1.92 bits per heavy atom. The van der Waals surface area contributed by atoms with E-state index in [0.29, 0.717) is 0 Å². The lowest BCUT2D eigenvalue weighted by Gasteiger charge is -2.11. The first-order chi connectivity index (χ1) is 5.47. The molecule has 1 aromatic carbocycles. The smallest absolute Gasteiger partial charge is 0.480 e. The maximum atomic E-state index is 8.59. The van der Waals surface area contributed by atoms with E-state index in [-0.39, 0.29) is 5.75 Å². The first-order valence-electron chi connectivity index (χ1n) is 3.40. The lowest BCUT2D eigenvalue weighted by atomic mass is 10.2. The summed E-state index contributed by atoms with van der Waals surface area (Å²) in [6.45, 7) is 1.84. The Labute approximate surface area is 71.2 Å². The minimum absolute atomic E-state index is 0.258. The summed E-state index contributed by atoms with van der Waals surface area (Å²) in [5.41, 5.74) is 0.922. The van der Waals surface area contributed by atoms with Gasteiger partial charge in [0.15, 0.2) is 0 Å². The van der Waals surface area contributed by atoms with E-state index in [9.17, 15) is 0 Å². The van der Waals surface area contributed by atoms with E-state index in [4.69, 9.17) is 14.4 Å². The Morgan fingerprint density at radius 1 is 1.25 bits per heavy atom. The molecule has 0 unspecified atom stereocenters. The zero-order chi connectivity index (χ0) is 9.19. The van der Waals surface area contributed by atoms with Crippen LogP contribution in [0.3, 0.4) is 0 Å². The van der Waals surface area contributed by atoms with Crippen LogP contribution >= 0.6 is 0 Å². The van der Waals surface area contributed by atoms with Crippen molar-refractivity contribution in [3.05, 3.63) is 29.8 Å². The topological polar surface area (TPSA) is 69.9 Å². The van der Waals surface area contributed by atoms with E-state index in [1.807, 2.05) is 13.0 Å². The maximum absolute atomic E-state index is 8.59. The largest absolute Gasteiger partial charge is 0.741 e. The fraction of sp³-hybridized carbons (Fsp3) is 0.143. The molecule has 0 heterocycles. The first kappa shape index (κ1) is 9.21. The molecule has 0 fully saturated rings. The van der Waals surface area contributed by atoms with Crippen LogP contribution in [0, 0.1) is 6.92 Å². The van der Waals surface area contributed by atoms with Gasteiger partial charge in [0, 0.05) is 0 Å². The molecule has 4 nitrogen and oxygen atoms in total. The van der Waals surface area contributed by atoms with Crippen molar-refractivity contribution in [1.29, 1.82) is 0 Å². The van der Waals surface area contributed by atoms with E-state index in [2.05, 4.69) is 4.43 Å². The summed E-state index contributed by atoms with van der Waals surface area (Å²) in [4.78, 5) is 25.8. The van der Waals surface area contributed by atoms with E-state index < -0.39 is 9.05 Å². The van der Waals surface area contributed by atoms with Crippen molar-refractivity contribution in [1.82, 2.24) is 0 Å². The molecule has 3 N–H and O–H groups in total. The molecule has 1 aromatic rings. The zero-order valence-corrected chi connectivity index (χ0v) is 7.56. The van der Waals surface area contributed by atoms with E-state index in [1.165, 1.54) is 6.07 Å². The molecule has 0 atom stereocenters.